The van der Waals surface area contributed by atoms with Gasteiger partial charge in [0, 0.05) is 31.4 Å². The standard InChI is InChI=1S/C20H23N3O2.2ClH/c24-19(23-12-8-20(9-13-23)7-11-22-15-20)16-3-5-17(6-4-16)25-18-2-1-10-21-14-18;;/h1-6,10,14,22H,7-9,11-13,15H2;2*1H. The number of halogens is 2. The molecule has 0 atom stereocenters. The van der Waals surface area contributed by atoms with Crippen molar-refractivity contribution in [1.29, 1.82) is 0 Å². The van der Waals surface area contributed by atoms with Crippen LogP contribution in [0.25, 0.3) is 0 Å². The third-order valence-electron chi connectivity index (χ3n) is 5.41. The van der Waals surface area contributed by atoms with E-state index in [0.29, 0.717) is 16.9 Å². The molecule has 2 fully saturated rings. The molecule has 146 valence electrons. The van der Waals surface area contributed by atoms with E-state index >= 15 is 0 Å². The van der Waals surface area contributed by atoms with Gasteiger partial charge in [-0.05, 0) is 67.6 Å². The van der Waals surface area contributed by atoms with Crippen molar-refractivity contribution >= 4 is 30.7 Å². The summed E-state index contributed by atoms with van der Waals surface area (Å²) in [6.07, 6.45) is 6.83. The van der Waals surface area contributed by atoms with Crippen LogP contribution in [0.1, 0.15) is 29.6 Å². The van der Waals surface area contributed by atoms with Gasteiger partial charge >= 0.3 is 0 Å². The van der Waals surface area contributed by atoms with E-state index in [1.54, 1.807) is 12.4 Å². The van der Waals surface area contributed by atoms with Crippen molar-refractivity contribution in [2.75, 3.05) is 26.2 Å². The third-order valence-corrected chi connectivity index (χ3v) is 5.41. The molecular weight excluding hydrogens is 385 g/mol. The number of ether oxygens (including phenoxy) is 1. The summed E-state index contributed by atoms with van der Waals surface area (Å²) in [5.41, 5.74) is 1.15. The highest BCUT2D eigenvalue weighted by molar-refractivity contribution is 5.94. The molecule has 0 aliphatic carbocycles. The Morgan fingerprint density at radius 1 is 1.04 bits per heavy atom. The number of pyridine rings is 1. The van der Waals surface area contributed by atoms with Crippen LogP contribution in [0.5, 0.6) is 11.5 Å². The molecular formula is C20H25Cl2N3O2. The predicted octanol–water partition coefficient (Wildman–Crippen LogP) is 3.93. The molecule has 7 heteroatoms. The van der Waals surface area contributed by atoms with Crippen LogP contribution < -0.4 is 10.1 Å². The quantitative estimate of drug-likeness (QED) is 0.833. The molecule has 1 amide bonds. The Hall–Kier alpha value is -1.82. The van der Waals surface area contributed by atoms with Gasteiger partial charge in [0.1, 0.15) is 11.5 Å². The van der Waals surface area contributed by atoms with Gasteiger partial charge in [-0.25, -0.2) is 0 Å². The van der Waals surface area contributed by atoms with Gasteiger partial charge < -0.3 is 15.0 Å². The molecule has 4 rings (SSSR count). The molecule has 1 aromatic heterocycles. The zero-order valence-corrected chi connectivity index (χ0v) is 16.7. The number of likely N-dealkylation sites (tertiary alicyclic amines) is 1. The fraction of sp³-hybridized carbons (Fsp3) is 0.400. The number of hydrogen-bond donors (Lipinski definition) is 1. The normalized spacial score (nSPS) is 17.7. The lowest BCUT2D eigenvalue weighted by molar-refractivity contribution is 0.0607. The first kappa shape index (κ1) is 21.5. The van der Waals surface area contributed by atoms with E-state index in [9.17, 15) is 4.79 Å². The number of aromatic nitrogens is 1. The van der Waals surface area contributed by atoms with E-state index in [0.717, 1.165) is 44.6 Å². The Balaban J connectivity index is 0.00000131. The Labute approximate surface area is 172 Å². The van der Waals surface area contributed by atoms with Gasteiger partial charge in [-0.3, -0.25) is 9.78 Å². The van der Waals surface area contributed by atoms with Crippen LogP contribution in [-0.2, 0) is 0 Å². The first-order valence-corrected chi connectivity index (χ1v) is 8.92. The lowest BCUT2D eigenvalue weighted by atomic mass is 9.78. The zero-order chi connectivity index (χ0) is 17.1. The summed E-state index contributed by atoms with van der Waals surface area (Å²) in [7, 11) is 0. The summed E-state index contributed by atoms with van der Waals surface area (Å²) in [6, 6.07) is 11.0. The largest absolute Gasteiger partial charge is 0.456 e. The highest BCUT2D eigenvalue weighted by Gasteiger charge is 2.38. The summed E-state index contributed by atoms with van der Waals surface area (Å²) in [5, 5.41) is 3.46. The van der Waals surface area contributed by atoms with E-state index < -0.39 is 0 Å². The molecule has 0 unspecified atom stereocenters. The minimum absolute atomic E-state index is 0. The second-order valence-electron chi connectivity index (χ2n) is 7.03. The Bertz CT molecular complexity index is 725. The first-order chi connectivity index (χ1) is 12.2. The van der Waals surface area contributed by atoms with Crippen molar-refractivity contribution in [3.63, 3.8) is 0 Å². The number of amides is 1. The molecule has 2 aromatic rings. The van der Waals surface area contributed by atoms with E-state index in [-0.39, 0.29) is 30.7 Å². The zero-order valence-electron chi connectivity index (χ0n) is 15.1. The number of carbonyl (C=O) groups is 1. The molecule has 5 nitrogen and oxygen atoms in total. The van der Waals surface area contributed by atoms with Crippen LogP contribution >= 0.6 is 24.8 Å². The molecule has 3 heterocycles. The van der Waals surface area contributed by atoms with E-state index in [1.807, 2.05) is 41.3 Å². The van der Waals surface area contributed by atoms with Gasteiger partial charge in [0.05, 0.1) is 6.20 Å². The lowest BCUT2D eigenvalue weighted by Gasteiger charge is -2.38. The Kier molecular flexibility index (Phi) is 7.48. The van der Waals surface area contributed by atoms with Gasteiger partial charge in [-0.15, -0.1) is 24.8 Å². The van der Waals surface area contributed by atoms with Crippen molar-refractivity contribution in [3.8, 4) is 11.5 Å². The maximum absolute atomic E-state index is 12.7. The van der Waals surface area contributed by atoms with Gasteiger partial charge in [-0.1, -0.05) is 0 Å². The molecule has 0 radical (unpaired) electrons. The van der Waals surface area contributed by atoms with E-state index in [4.69, 9.17) is 4.74 Å². The fourth-order valence-corrected chi connectivity index (χ4v) is 3.80. The average Bonchev–Trinajstić information content (AvgIpc) is 3.11. The number of piperidine rings is 1. The van der Waals surface area contributed by atoms with Gasteiger partial charge in [0.25, 0.3) is 5.91 Å². The van der Waals surface area contributed by atoms with Gasteiger partial charge in [-0.2, -0.15) is 0 Å². The minimum Gasteiger partial charge on any atom is -0.456 e. The monoisotopic (exact) mass is 409 g/mol. The summed E-state index contributed by atoms with van der Waals surface area (Å²) in [4.78, 5) is 18.7. The number of benzene rings is 1. The summed E-state index contributed by atoms with van der Waals surface area (Å²) in [6.45, 7) is 3.94. The smallest absolute Gasteiger partial charge is 0.253 e. The van der Waals surface area contributed by atoms with Crippen LogP contribution in [0, 0.1) is 5.41 Å². The lowest BCUT2D eigenvalue weighted by Crippen LogP contribution is -2.44. The molecule has 1 spiro atoms. The highest BCUT2D eigenvalue weighted by Crippen LogP contribution is 2.37. The number of hydrogen-bond acceptors (Lipinski definition) is 4. The SMILES string of the molecule is Cl.Cl.O=C(c1ccc(Oc2cccnc2)cc1)N1CCC2(CCNC2)CC1. The van der Waals surface area contributed by atoms with Crippen molar-refractivity contribution in [2.45, 2.75) is 19.3 Å². The summed E-state index contributed by atoms with van der Waals surface area (Å²) in [5.74, 6) is 1.51. The van der Waals surface area contributed by atoms with Crippen LogP contribution in [0.4, 0.5) is 0 Å². The topological polar surface area (TPSA) is 54.5 Å². The number of rotatable bonds is 3. The summed E-state index contributed by atoms with van der Waals surface area (Å²) < 4.78 is 5.73. The van der Waals surface area contributed by atoms with Crippen LogP contribution in [0.15, 0.2) is 48.8 Å². The summed E-state index contributed by atoms with van der Waals surface area (Å²) >= 11 is 0. The van der Waals surface area contributed by atoms with E-state index in [1.165, 1.54) is 6.42 Å². The second kappa shape index (κ2) is 9.40. The minimum atomic E-state index is 0. The number of nitrogens with one attached hydrogen (secondary N) is 1. The molecule has 1 N–H and O–H groups in total. The van der Waals surface area contributed by atoms with Crippen LogP contribution in [0.3, 0.4) is 0 Å². The predicted molar refractivity (Wildman–Crippen MR) is 110 cm³/mol. The Morgan fingerprint density at radius 2 is 1.78 bits per heavy atom. The number of nitrogens with zero attached hydrogens (tertiary/aromatic N) is 2. The molecule has 2 aliphatic rings. The van der Waals surface area contributed by atoms with Crippen molar-refractivity contribution in [3.05, 3.63) is 54.4 Å². The average molecular weight is 410 g/mol. The maximum Gasteiger partial charge on any atom is 0.253 e. The maximum atomic E-state index is 12.7. The molecule has 27 heavy (non-hydrogen) atoms. The van der Waals surface area contributed by atoms with Crippen LogP contribution in [-0.4, -0.2) is 42.0 Å². The first-order valence-electron chi connectivity index (χ1n) is 8.92. The van der Waals surface area contributed by atoms with Crippen molar-refractivity contribution in [1.82, 2.24) is 15.2 Å². The molecule has 0 bridgehead atoms. The number of carbonyl (C=O) groups excluding carboxylic acids is 1. The van der Waals surface area contributed by atoms with E-state index in [2.05, 4.69) is 10.3 Å². The molecule has 2 aliphatic heterocycles. The molecule has 1 aromatic carbocycles. The Morgan fingerprint density at radius 3 is 2.37 bits per heavy atom. The highest BCUT2D eigenvalue weighted by atomic mass is 35.5. The van der Waals surface area contributed by atoms with Crippen molar-refractivity contribution in [2.24, 2.45) is 5.41 Å². The van der Waals surface area contributed by atoms with Gasteiger partial charge in [0.2, 0.25) is 0 Å². The van der Waals surface area contributed by atoms with Crippen LogP contribution in [0.2, 0.25) is 0 Å². The third kappa shape index (κ3) is 4.92. The molecule has 0 saturated carbocycles. The fourth-order valence-electron chi connectivity index (χ4n) is 3.80. The second-order valence-corrected chi connectivity index (χ2v) is 7.03. The molecule has 2 saturated heterocycles. The van der Waals surface area contributed by atoms with Gasteiger partial charge in [0.15, 0.2) is 0 Å². The van der Waals surface area contributed by atoms with Crippen molar-refractivity contribution < 1.29 is 9.53 Å².